The largest absolute Gasteiger partial charge is 0.504 e. The number of carbonyl (C=O) groups is 5. The predicted octanol–water partition coefficient (Wildman–Crippen LogP) is 5.23. The SMILES string of the molecule is CC(NC=O)(C(=O)O)c1ccccc1.CCCCSc1nc2ccc(NC(=O)CCC(=O)O)cc2s1.O=C(O)c1cc(O)c(O)c(O)c1. The summed E-state index contributed by atoms with van der Waals surface area (Å²) in [4.78, 5) is 58.3. The summed E-state index contributed by atoms with van der Waals surface area (Å²) in [5.41, 5.74) is 0.495. The number of aromatic nitrogens is 1. The van der Waals surface area contributed by atoms with Crippen molar-refractivity contribution in [1.82, 2.24) is 10.3 Å². The van der Waals surface area contributed by atoms with E-state index in [1.165, 1.54) is 19.8 Å². The molecule has 1 heterocycles. The number of aromatic hydroxyl groups is 3. The van der Waals surface area contributed by atoms with Crippen molar-refractivity contribution in [2.24, 2.45) is 0 Å². The van der Waals surface area contributed by atoms with Crippen LogP contribution in [-0.4, -0.2) is 71.6 Å². The summed E-state index contributed by atoms with van der Waals surface area (Å²) in [5.74, 6) is -4.61. The minimum Gasteiger partial charge on any atom is -0.504 e. The standard InChI is InChI=1S/C15H18N2O3S2.C10H11NO3.C7H6O5/c1-2-3-8-21-15-17-11-5-4-10(9-12(11)22-15)16-13(18)6-7-14(19)20;1-10(9(13)14,11-7-12)8-5-3-2-4-6-8;8-4-1-3(7(11)12)2-5(9)6(4)10/h4-5,9H,2-3,6-8H2,1H3,(H,16,18)(H,19,20);2-7H,1H3,(H,11,12)(H,13,14);1-2,8-10H,(H,11,12). The van der Waals surface area contributed by atoms with E-state index in [-0.39, 0.29) is 24.3 Å². The zero-order chi connectivity index (χ0) is 35.9. The number of aromatic carboxylic acids is 1. The van der Waals surface area contributed by atoms with Gasteiger partial charge in [0.25, 0.3) is 0 Å². The third kappa shape index (κ3) is 11.8. The monoisotopic (exact) mass is 701 g/mol. The van der Waals surface area contributed by atoms with Crippen LogP contribution in [0.1, 0.15) is 55.5 Å². The molecule has 16 heteroatoms. The van der Waals surface area contributed by atoms with E-state index in [9.17, 15) is 24.0 Å². The minimum atomic E-state index is -1.36. The van der Waals surface area contributed by atoms with Crippen LogP contribution >= 0.6 is 23.1 Å². The highest BCUT2D eigenvalue weighted by Gasteiger charge is 2.34. The molecule has 2 amide bonds. The van der Waals surface area contributed by atoms with Crippen molar-refractivity contribution in [3.05, 3.63) is 71.8 Å². The Kier molecular flexibility index (Phi) is 15.1. The van der Waals surface area contributed by atoms with Crippen LogP contribution in [0.3, 0.4) is 0 Å². The Morgan fingerprint density at radius 3 is 2.12 bits per heavy atom. The quantitative estimate of drug-likeness (QED) is 0.0386. The lowest BCUT2D eigenvalue weighted by atomic mass is 9.92. The maximum absolute atomic E-state index is 11.6. The first-order valence-electron chi connectivity index (χ1n) is 14.2. The first kappa shape index (κ1) is 38.8. The lowest BCUT2D eigenvalue weighted by Crippen LogP contribution is -2.45. The number of anilines is 1. The highest BCUT2D eigenvalue weighted by atomic mass is 32.2. The van der Waals surface area contributed by atoms with Gasteiger partial charge in [-0.2, -0.15) is 0 Å². The molecule has 0 radical (unpaired) electrons. The Morgan fingerprint density at radius 1 is 0.938 bits per heavy atom. The van der Waals surface area contributed by atoms with Gasteiger partial charge in [-0.25, -0.2) is 14.6 Å². The van der Waals surface area contributed by atoms with Gasteiger partial charge in [0.15, 0.2) is 27.1 Å². The van der Waals surface area contributed by atoms with Crippen LogP contribution in [0.2, 0.25) is 0 Å². The number of hydrogen-bond donors (Lipinski definition) is 8. The van der Waals surface area contributed by atoms with Crippen molar-refractivity contribution in [2.45, 2.75) is 49.4 Å². The number of thioether (sulfide) groups is 1. The lowest BCUT2D eigenvalue weighted by Gasteiger charge is -2.24. The first-order valence-corrected chi connectivity index (χ1v) is 16.1. The molecule has 256 valence electrons. The summed E-state index contributed by atoms with van der Waals surface area (Å²) in [6.45, 7) is 3.61. The molecule has 0 aliphatic carbocycles. The number of carbonyl (C=O) groups excluding carboxylic acids is 2. The molecule has 48 heavy (non-hydrogen) atoms. The highest BCUT2D eigenvalue weighted by molar-refractivity contribution is 8.01. The van der Waals surface area contributed by atoms with E-state index in [1.807, 2.05) is 12.1 Å². The summed E-state index contributed by atoms with van der Waals surface area (Å²) in [7, 11) is 0. The number of phenolic OH excluding ortho intramolecular Hbond substituents is 3. The summed E-state index contributed by atoms with van der Waals surface area (Å²) in [6, 6.07) is 15.8. The third-order valence-corrected chi connectivity index (χ3v) is 8.63. The molecule has 8 N–H and O–H groups in total. The van der Waals surface area contributed by atoms with Crippen LogP contribution in [0.15, 0.2) is 65.0 Å². The second-order valence-corrected chi connectivity index (χ2v) is 12.4. The first-order chi connectivity index (χ1) is 22.7. The maximum atomic E-state index is 11.6. The van der Waals surface area contributed by atoms with Gasteiger partial charge in [-0.05, 0) is 49.2 Å². The molecule has 1 aromatic heterocycles. The van der Waals surface area contributed by atoms with Gasteiger partial charge in [0, 0.05) is 17.9 Å². The number of carboxylic acid groups (broad SMARTS) is 3. The number of amides is 2. The Morgan fingerprint density at radius 2 is 1.58 bits per heavy atom. The van der Waals surface area contributed by atoms with Crippen LogP contribution in [0.25, 0.3) is 10.2 Å². The molecule has 0 spiro atoms. The van der Waals surface area contributed by atoms with Gasteiger partial charge in [-0.3, -0.25) is 14.4 Å². The Hall–Kier alpha value is -5.35. The summed E-state index contributed by atoms with van der Waals surface area (Å²) in [5, 5.41) is 57.5. The Bertz CT molecular complexity index is 1710. The fraction of sp³-hybridized carbons (Fsp3) is 0.250. The van der Waals surface area contributed by atoms with Crippen LogP contribution in [-0.2, 0) is 24.7 Å². The van der Waals surface area contributed by atoms with Crippen molar-refractivity contribution in [1.29, 1.82) is 0 Å². The molecular formula is C32H35N3O11S2. The topological polar surface area (TPSA) is 244 Å². The minimum absolute atomic E-state index is 0.0197. The van der Waals surface area contributed by atoms with Gasteiger partial charge < -0.3 is 41.3 Å². The molecule has 3 aromatic carbocycles. The number of unbranched alkanes of at least 4 members (excludes halogenated alkanes) is 1. The number of fused-ring (bicyclic) bond motifs is 1. The third-order valence-electron chi connectivity index (χ3n) is 6.39. The molecule has 0 aliphatic rings. The van der Waals surface area contributed by atoms with Crippen LogP contribution in [0, 0.1) is 0 Å². The second kappa shape index (κ2) is 18.7. The van der Waals surface area contributed by atoms with Crippen molar-refractivity contribution in [3.8, 4) is 17.2 Å². The van der Waals surface area contributed by atoms with Crippen LogP contribution < -0.4 is 10.6 Å². The molecule has 0 saturated carbocycles. The van der Waals surface area contributed by atoms with Crippen molar-refractivity contribution < 1.29 is 54.6 Å². The number of carboxylic acids is 3. The van der Waals surface area contributed by atoms with Gasteiger partial charge in [0.2, 0.25) is 12.3 Å². The number of nitrogens with zero attached hydrogens (tertiary/aromatic N) is 1. The molecule has 0 bridgehead atoms. The van der Waals surface area contributed by atoms with E-state index < -0.39 is 40.7 Å². The van der Waals surface area contributed by atoms with E-state index in [2.05, 4.69) is 22.5 Å². The summed E-state index contributed by atoms with van der Waals surface area (Å²) < 4.78 is 2.06. The normalized spacial score (nSPS) is 11.5. The fourth-order valence-electron chi connectivity index (χ4n) is 3.68. The van der Waals surface area contributed by atoms with Crippen LogP contribution in [0.5, 0.6) is 17.2 Å². The van der Waals surface area contributed by atoms with E-state index in [4.69, 9.17) is 30.6 Å². The summed E-state index contributed by atoms with van der Waals surface area (Å²) >= 11 is 3.37. The molecule has 0 aliphatic heterocycles. The molecule has 4 rings (SSSR count). The Labute approximate surface area is 283 Å². The van der Waals surface area contributed by atoms with Crippen molar-refractivity contribution in [3.63, 3.8) is 0 Å². The molecular weight excluding hydrogens is 666 g/mol. The van der Waals surface area contributed by atoms with Gasteiger partial charge in [0.1, 0.15) is 0 Å². The number of thiazole rings is 1. The van der Waals surface area contributed by atoms with E-state index in [0.717, 1.165) is 32.4 Å². The van der Waals surface area contributed by atoms with E-state index in [1.54, 1.807) is 59.5 Å². The zero-order valence-electron chi connectivity index (χ0n) is 25.9. The average molecular weight is 702 g/mol. The predicted molar refractivity (Wildman–Crippen MR) is 180 cm³/mol. The fourth-order valence-corrected chi connectivity index (χ4v) is 5.94. The average Bonchev–Trinajstić information content (AvgIpc) is 3.45. The van der Waals surface area contributed by atoms with Gasteiger partial charge >= 0.3 is 17.9 Å². The zero-order valence-corrected chi connectivity index (χ0v) is 27.5. The van der Waals surface area contributed by atoms with Crippen molar-refractivity contribution >= 4 is 69.2 Å². The Balaban J connectivity index is 0.000000266. The number of nitrogens with one attached hydrogen (secondary N) is 2. The van der Waals surface area contributed by atoms with Gasteiger partial charge in [-0.15, -0.1) is 11.3 Å². The number of hydrogen-bond acceptors (Lipinski definition) is 11. The number of benzene rings is 3. The molecule has 0 saturated heterocycles. The van der Waals surface area contributed by atoms with E-state index >= 15 is 0 Å². The molecule has 14 nitrogen and oxygen atoms in total. The van der Waals surface area contributed by atoms with Crippen molar-refractivity contribution in [2.75, 3.05) is 11.1 Å². The number of aliphatic carboxylic acids is 2. The van der Waals surface area contributed by atoms with E-state index in [0.29, 0.717) is 17.7 Å². The summed E-state index contributed by atoms with van der Waals surface area (Å²) in [6.07, 6.45) is 2.55. The van der Waals surface area contributed by atoms with Crippen LogP contribution in [0.4, 0.5) is 5.69 Å². The highest BCUT2D eigenvalue weighted by Crippen LogP contribution is 2.35. The maximum Gasteiger partial charge on any atom is 0.335 e. The second-order valence-electron chi connectivity index (χ2n) is 10.0. The molecule has 4 aromatic rings. The van der Waals surface area contributed by atoms with Gasteiger partial charge in [0.05, 0.1) is 22.2 Å². The lowest BCUT2D eigenvalue weighted by molar-refractivity contribution is -0.146. The van der Waals surface area contributed by atoms with Gasteiger partial charge in [-0.1, -0.05) is 55.4 Å². The number of rotatable bonds is 13. The molecule has 1 atom stereocenters. The molecule has 1 unspecified atom stereocenters. The number of phenols is 3. The smallest absolute Gasteiger partial charge is 0.335 e. The molecule has 0 fully saturated rings.